The third-order valence-electron chi connectivity index (χ3n) is 3.18. The van der Waals surface area contributed by atoms with Crippen molar-refractivity contribution in [1.29, 1.82) is 0 Å². The van der Waals surface area contributed by atoms with Gasteiger partial charge in [-0.05, 0) is 29.5 Å². The Morgan fingerprint density at radius 2 is 1.86 bits per heavy atom. The van der Waals surface area contributed by atoms with Gasteiger partial charge in [0.05, 0.1) is 0 Å². The summed E-state index contributed by atoms with van der Waals surface area (Å²) in [7, 11) is 0. The van der Waals surface area contributed by atoms with E-state index in [1.807, 2.05) is 5.41 Å². The van der Waals surface area contributed by atoms with Gasteiger partial charge in [0.15, 0.2) is 0 Å². The Hall–Kier alpha value is -1.32. The summed E-state index contributed by atoms with van der Waals surface area (Å²) in [5.41, 5.74) is 0.857. The quantitative estimate of drug-likeness (QED) is 0.758. The van der Waals surface area contributed by atoms with Gasteiger partial charge in [0.2, 0.25) is 5.16 Å². The number of fused-ring (bicyclic) bond motifs is 3. The first kappa shape index (κ1) is 14.3. The average molecular weight is 363 g/mol. The molecule has 1 aromatic carbocycles. The van der Waals surface area contributed by atoms with Gasteiger partial charge in [-0.15, -0.1) is 10.2 Å². The Bertz CT molecular complexity index is 772. The molecule has 1 aromatic heterocycles. The van der Waals surface area contributed by atoms with Crippen LogP contribution in [0.25, 0.3) is 0 Å². The summed E-state index contributed by atoms with van der Waals surface area (Å²) >= 11 is 8.48. The van der Waals surface area contributed by atoms with Gasteiger partial charge >= 0.3 is 6.18 Å². The molecule has 2 aromatic rings. The lowest BCUT2D eigenvalue weighted by molar-refractivity contribution is -0.147. The lowest BCUT2D eigenvalue weighted by Gasteiger charge is -2.26. The second-order valence-electron chi connectivity index (χ2n) is 4.56. The van der Waals surface area contributed by atoms with E-state index in [1.165, 1.54) is 23.5 Å². The molecule has 1 atom stereocenters. The van der Waals surface area contributed by atoms with Crippen molar-refractivity contribution >= 4 is 35.1 Å². The Labute approximate surface area is 136 Å². The first-order valence-electron chi connectivity index (χ1n) is 6.06. The van der Waals surface area contributed by atoms with Crippen LogP contribution in [0, 0.1) is 0 Å². The molecule has 10 heteroatoms. The smallest absolute Gasteiger partial charge is 0.252 e. The molecule has 0 spiro atoms. The zero-order valence-electron chi connectivity index (χ0n) is 10.6. The molecule has 0 fully saturated rings. The van der Waals surface area contributed by atoms with Crippen molar-refractivity contribution in [3.05, 3.63) is 51.1 Å². The van der Waals surface area contributed by atoms with Crippen LogP contribution in [0.4, 0.5) is 13.2 Å². The molecule has 1 unspecified atom stereocenters. The van der Waals surface area contributed by atoms with Crippen molar-refractivity contribution in [3.63, 3.8) is 0 Å². The fourth-order valence-electron chi connectivity index (χ4n) is 2.26. The number of hydrogen-bond donors (Lipinski definition) is 0. The fourth-order valence-corrected chi connectivity index (χ4v) is 4.62. The maximum absolute atomic E-state index is 13.1. The number of thioether (sulfide) groups is 2. The van der Waals surface area contributed by atoms with Gasteiger partial charge in [-0.2, -0.15) is 13.2 Å². The molecule has 0 bridgehead atoms. The molecule has 4 nitrogen and oxygen atoms in total. The molecule has 0 radical (unpaired) electrons. The van der Waals surface area contributed by atoms with E-state index in [-0.39, 0.29) is 10.5 Å². The topological polar surface area (TPSA) is 34.0 Å². The molecule has 2 aliphatic rings. The maximum Gasteiger partial charge on any atom is 0.453 e. The van der Waals surface area contributed by atoms with Gasteiger partial charge in [0.25, 0.3) is 5.82 Å². The van der Waals surface area contributed by atoms with Crippen molar-refractivity contribution in [3.8, 4) is 0 Å². The number of benzene rings is 1. The van der Waals surface area contributed by atoms with Crippen molar-refractivity contribution in [1.82, 2.24) is 14.9 Å². The highest BCUT2D eigenvalue weighted by atomic mass is 35.5. The Balaban J connectivity index is 1.79. The maximum atomic E-state index is 13.1. The lowest BCUT2D eigenvalue weighted by atomic mass is 10.2. The lowest BCUT2D eigenvalue weighted by Crippen LogP contribution is -2.33. The third kappa shape index (κ3) is 2.10. The molecule has 0 N–H and O–H groups in total. The predicted octanol–water partition coefficient (Wildman–Crippen LogP) is 4.24. The van der Waals surface area contributed by atoms with E-state index in [9.17, 15) is 13.2 Å². The molecule has 4 rings (SSSR count). The number of hydrogen-bond acceptors (Lipinski definition) is 5. The van der Waals surface area contributed by atoms with Gasteiger partial charge < -0.3 is 0 Å². The number of aromatic nitrogens is 3. The van der Waals surface area contributed by atoms with E-state index < -0.39 is 12.0 Å². The van der Waals surface area contributed by atoms with E-state index in [0.29, 0.717) is 10.1 Å². The van der Waals surface area contributed by atoms with Crippen LogP contribution >= 0.6 is 35.1 Å². The standard InChI is InChI=1S/C12H6ClF3N4S2/c13-7-3-1-6(2-4-7)9-19-8(5-21-9)22-11-18-17-10(20(11)19)12(14,15)16/h1-5,9H. The summed E-state index contributed by atoms with van der Waals surface area (Å²) in [6.45, 7) is 0. The fraction of sp³-hybridized carbons (Fsp3) is 0.167. The van der Waals surface area contributed by atoms with Gasteiger partial charge in [-0.1, -0.05) is 35.5 Å². The molecule has 22 heavy (non-hydrogen) atoms. The van der Waals surface area contributed by atoms with Crippen molar-refractivity contribution < 1.29 is 13.2 Å². The summed E-state index contributed by atoms with van der Waals surface area (Å²) in [5.74, 6) is -1.01. The summed E-state index contributed by atoms with van der Waals surface area (Å²) in [6.07, 6.45) is -4.56. The first-order valence-corrected chi connectivity index (χ1v) is 8.20. The van der Waals surface area contributed by atoms with Gasteiger partial charge in [-0.25, -0.2) is 4.68 Å². The minimum atomic E-state index is -4.56. The minimum Gasteiger partial charge on any atom is -0.252 e. The van der Waals surface area contributed by atoms with Crippen molar-refractivity contribution in [2.75, 3.05) is 5.01 Å². The van der Waals surface area contributed by atoms with Crippen LogP contribution in [0.5, 0.6) is 0 Å². The zero-order chi connectivity index (χ0) is 15.5. The van der Waals surface area contributed by atoms with Crippen LogP contribution in [0.15, 0.2) is 39.9 Å². The van der Waals surface area contributed by atoms with E-state index in [1.54, 1.807) is 29.3 Å². The Morgan fingerprint density at radius 1 is 1.14 bits per heavy atom. The highest BCUT2D eigenvalue weighted by Gasteiger charge is 2.46. The highest BCUT2D eigenvalue weighted by molar-refractivity contribution is 8.07. The molecule has 0 saturated heterocycles. The second-order valence-corrected chi connectivity index (χ2v) is 6.94. The van der Waals surface area contributed by atoms with Crippen LogP contribution in [0.3, 0.4) is 0 Å². The van der Waals surface area contributed by atoms with E-state index in [2.05, 4.69) is 10.2 Å². The average Bonchev–Trinajstić information content (AvgIpc) is 3.08. The molecule has 0 amide bonds. The van der Waals surface area contributed by atoms with Crippen LogP contribution in [0.1, 0.15) is 16.8 Å². The van der Waals surface area contributed by atoms with E-state index in [4.69, 9.17) is 11.6 Å². The summed E-state index contributed by atoms with van der Waals surface area (Å²) in [5, 5.41) is 11.5. The monoisotopic (exact) mass is 362 g/mol. The summed E-state index contributed by atoms with van der Waals surface area (Å²) < 4.78 is 40.4. The van der Waals surface area contributed by atoms with Gasteiger partial charge in [0.1, 0.15) is 10.4 Å². The molecule has 3 heterocycles. The van der Waals surface area contributed by atoms with Crippen molar-refractivity contribution in [2.45, 2.75) is 16.7 Å². The SMILES string of the molecule is FC(F)(F)c1nnc2n1N1C(=CSC1c1ccc(Cl)cc1)S2. The van der Waals surface area contributed by atoms with Gasteiger partial charge in [0, 0.05) is 10.4 Å². The first-order chi connectivity index (χ1) is 10.4. The van der Waals surface area contributed by atoms with Crippen LogP contribution < -0.4 is 5.01 Å². The van der Waals surface area contributed by atoms with Crippen LogP contribution in [0.2, 0.25) is 5.02 Å². The summed E-state index contributed by atoms with van der Waals surface area (Å²) in [6, 6.07) is 7.04. The zero-order valence-corrected chi connectivity index (χ0v) is 13.0. The number of rotatable bonds is 1. The molecule has 114 valence electrons. The number of alkyl halides is 3. The highest BCUT2D eigenvalue weighted by Crippen LogP contribution is 2.52. The minimum absolute atomic E-state index is 0.220. The Morgan fingerprint density at radius 3 is 2.55 bits per heavy atom. The molecule has 2 aliphatic heterocycles. The number of halogens is 4. The predicted molar refractivity (Wildman–Crippen MR) is 79.0 cm³/mol. The number of nitrogens with zero attached hydrogens (tertiary/aromatic N) is 4. The largest absolute Gasteiger partial charge is 0.453 e. The van der Waals surface area contributed by atoms with Crippen LogP contribution in [-0.2, 0) is 6.18 Å². The Kier molecular flexibility index (Phi) is 3.14. The molecular formula is C12H6ClF3N4S2. The second kappa shape index (κ2) is 4.84. The van der Waals surface area contributed by atoms with Crippen LogP contribution in [-0.4, -0.2) is 14.9 Å². The van der Waals surface area contributed by atoms with E-state index >= 15 is 0 Å². The molecule has 0 aliphatic carbocycles. The third-order valence-corrected chi connectivity index (χ3v) is 5.62. The van der Waals surface area contributed by atoms with E-state index in [0.717, 1.165) is 10.2 Å². The molecular weight excluding hydrogens is 357 g/mol. The summed E-state index contributed by atoms with van der Waals surface area (Å²) in [4.78, 5) is 0. The molecule has 0 saturated carbocycles. The normalized spacial score (nSPS) is 20.1. The van der Waals surface area contributed by atoms with Gasteiger partial charge in [-0.3, -0.25) is 5.01 Å². The van der Waals surface area contributed by atoms with Crippen molar-refractivity contribution in [2.24, 2.45) is 0 Å².